The van der Waals surface area contributed by atoms with Crippen molar-refractivity contribution in [2.75, 3.05) is 31.6 Å². The van der Waals surface area contributed by atoms with Crippen molar-refractivity contribution in [1.29, 1.82) is 0 Å². The molecule has 3 atom stereocenters. The average Bonchev–Trinajstić information content (AvgIpc) is 3.01. The Bertz CT molecular complexity index is 1080. The highest BCUT2D eigenvalue weighted by Crippen LogP contribution is 2.52. The molecule has 7 nitrogen and oxygen atoms in total. The highest BCUT2D eigenvalue weighted by molar-refractivity contribution is 6.04. The Hall–Kier alpha value is -2.59. The maximum Gasteiger partial charge on any atom is 0.419 e. The summed E-state index contributed by atoms with van der Waals surface area (Å²) in [6.45, 7) is 7.68. The van der Waals surface area contributed by atoms with Crippen molar-refractivity contribution in [2.24, 2.45) is 17.8 Å². The van der Waals surface area contributed by atoms with Crippen molar-refractivity contribution in [1.82, 2.24) is 9.47 Å². The lowest BCUT2D eigenvalue weighted by atomic mass is 10.1. The standard InChI is InChI=1S/C24H30F3N3O4/c1-14(31)28-20-10-30(22(32)34-23(2,3)4)21-6-5-15(7-16(20)21)11-33-12-19-17-8-29(9-18(17)19)13-24(25,26)27/h5-7,10,17-19H,8-9,11-13H2,1-4H3,(H,28,31)/t17-,18+,19+. The second-order valence-electron chi connectivity index (χ2n) is 10.2. The molecule has 1 aliphatic heterocycles. The molecular weight excluding hydrogens is 451 g/mol. The number of hydrogen-bond acceptors (Lipinski definition) is 5. The number of rotatable bonds is 6. The molecule has 34 heavy (non-hydrogen) atoms. The van der Waals surface area contributed by atoms with Crippen LogP contribution in [0.3, 0.4) is 0 Å². The fraction of sp³-hybridized carbons (Fsp3) is 0.583. The molecule has 1 amide bonds. The number of ether oxygens (including phenoxy) is 2. The fourth-order valence-electron chi connectivity index (χ4n) is 4.80. The number of amides is 1. The third-order valence-electron chi connectivity index (χ3n) is 6.20. The molecule has 4 rings (SSSR count). The van der Waals surface area contributed by atoms with Gasteiger partial charge in [-0.2, -0.15) is 13.2 Å². The Kier molecular flexibility index (Phi) is 6.41. The Labute approximate surface area is 196 Å². The minimum Gasteiger partial charge on any atom is -0.443 e. The van der Waals surface area contributed by atoms with Crippen molar-refractivity contribution in [3.63, 3.8) is 0 Å². The van der Waals surface area contributed by atoms with Crippen LogP contribution in [0.5, 0.6) is 0 Å². The molecule has 1 saturated carbocycles. The summed E-state index contributed by atoms with van der Waals surface area (Å²) in [7, 11) is 0. The number of anilines is 1. The molecule has 10 heteroatoms. The van der Waals surface area contributed by atoms with E-state index in [2.05, 4.69) is 5.32 Å². The normalized spacial score (nSPS) is 22.6. The summed E-state index contributed by atoms with van der Waals surface area (Å²) in [4.78, 5) is 25.8. The van der Waals surface area contributed by atoms with Crippen LogP contribution in [0.1, 0.15) is 33.3 Å². The molecule has 1 aliphatic carbocycles. The van der Waals surface area contributed by atoms with Crippen LogP contribution in [0.25, 0.3) is 10.9 Å². The van der Waals surface area contributed by atoms with Gasteiger partial charge in [-0.3, -0.25) is 14.3 Å². The average molecular weight is 482 g/mol. The van der Waals surface area contributed by atoms with Gasteiger partial charge in [-0.25, -0.2) is 4.79 Å². The minimum atomic E-state index is -4.15. The smallest absolute Gasteiger partial charge is 0.419 e. The first-order valence-corrected chi connectivity index (χ1v) is 11.3. The number of fused-ring (bicyclic) bond motifs is 2. The number of carbonyl (C=O) groups is 2. The number of benzene rings is 1. The number of nitrogens with one attached hydrogen (secondary N) is 1. The molecule has 0 spiro atoms. The second kappa shape index (κ2) is 8.88. The number of aromatic nitrogens is 1. The van der Waals surface area contributed by atoms with E-state index in [0.29, 0.717) is 48.8 Å². The van der Waals surface area contributed by atoms with E-state index >= 15 is 0 Å². The van der Waals surface area contributed by atoms with Crippen LogP contribution in [-0.4, -0.2) is 59.5 Å². The summed E-state index contributed by atoms with van der Waals surface area (Å²) < 4.78 is 50.4. The van der Waals surface area contributed by atoms with Gasteiger partial charge in [0.15, 0.2) is 0 Å². The number of likely N-dealkylation sites (tertiary alicyclic amines) is 1. The molecule has 0 unspecified atom stereocenters. The van der Waals surface area contributed by atoms with Gasteiger partial charge in [0, 0.05) is 31.6 Å². The third kappa shape index (κ3) is 5.72. The molecule has 1 saturated heterocycles. The first kappa shape index (κ1) is 24.5. The highest BCUT2D eigenvalue weighted by Gasteiger charge is 2.56. The minimum absolute atomic E-state index is 0.260. The lowest BCUT2D eigenvalue weighted by Gasteiger charge is -2.20. The lowest BCUT2D eigenvalue weighted by Crippen LogP contribution is -2.34. The Morgan fingerprint density at radius 2 is 1.82 bits per heavy atom. The predicted molar refractivity (Wildman–Crippen MR) is 120 cm³/mol. The Morgan fingerprint density at radius 3 is 2.41 bits per heavy atom. The summed E-state index contributed by atoms with van der Waals surface area (Å²) in [5.74, 6) is 0.597. The van der Waals surface area contributed by atoms with E-state index in [0.717, 1.165) is 5.56 Å². The molecule has 2 aromatic rings. The van der Waals surface area contributed by atoms with Gasteiger partial charge >= 0.3 is 12.3 Å². The van der Waals surface area contributed by atoms with Crippen LogP contribution < -0.4 is 5.32 Å². The van der Waals surface area contributed by atoms with Crippen LogP contribution in [0.2, 0.25) is 0 Å². The summed E-state index contributed by atoms with van der Waals surface area (Å²) in [6.07, 6.45) is -3.15. The molecule has 2 fully saturated rings. The maximum absolute atomic E-state index is 12.6. The molecule has 1 aromatic heterocycles. The molecule has 2 aliphatic rings. The Balaban J connectivity index is 1.39. The zero-order chi connectivity index (χ0) is 24.8. The summed E-state index contributed by atoms with van der Waals surface area (Å²) in [6, 6.07) is 5.49. The summed E-state index contributed by atoms with van der Waals surface area (Å²) >= 11 is 0. The number of nitrogens with zero attached hydrogens (tertiary/aromatic N) is 2. The van der Waals surface area contributed by atoms with Crippen molar-refractivity contribution in [3.05, 3.63) is 30.0 Å². The van der Waals surface area contributed by atoms with E-state index < -0.39 is 24.4 Å². The number of hydrogen-bond donors (Lipinski definition) is 1. The van der Waals surface area contributed by atoms with Gasteiger partial charge in [-0.1, -0.05) is 6.07 Å². The predicted octanol–water partition coefficient (Wildman–Crippen LogP) is 4.64. The van der Waals surface area contributed by atoms with Gasteiger partial charge < -0.3 is 14.8 Å². The zero-order valence-corrected chi connectivity index (χ0v) is 19.7. The SMILES string of the molecule is CC(=O)Nc1cn(C(=O)OC(C)(C)C)c2ccc(COC[C@@H]3[C@H]4CN(CC(F)(F)F)C[C@@H]34)cc12. The first-order valence-electron chi connectivity index (χ1n) is 11.3. The van der Waals surface area contributed by atoms with E-state index in [4.69, 9.17) is 9.47 Å². The molecule has 1 aromatic carbocycles. The van der Waals surface area contributed by atoms with E-state index in [1.165, 1.54) is 16.4 Å². The lowest BCUT2D eigenvalue weighted by molar-refractivity contribution is -0.145. The quantitative estimate of drug-likeness (QED) is 0.651. The van der Waals surface area contributed by atoms with E-state index in [9.17, 15) is 22.8 Å². The van der Waals surface area contributed by atoms with Crippen LogP contribution in [0, 0.1) is 17.8 Å². The number of alkyl halides is 3. The number of halogens is 3. The summed E-state index contributed by atoms with van der Waals surface area (Å²) in [5, 5.41) is 3.44. The molecule has 0 bridgehead atoms. The van der Waals surface area contributed by atoms with Gasteiger partial charge in [-0.15, -0.1) is 0 Å². The third-order valence-corrected chi connectivity index (χ3v) is 6.20. The second-order valence-corrected chi connectivity index (χ2v) is 10.2. The fourth-order valence-corrected chi connectivity index (χ4v) is 4.80. The molecular formula is C24H30F3N3O4. The first-order chi connectivity index (χ1) is 15.8. The van der Waals surface area contributed by atoms with E-state index in [1.807, 2.05) is 12.1 Å². The largest absolute Gasteiger partial charge is 0.443 e. The van der Waals surface area contributed by atoms with Gasteiger partial charge in [0.25, 0.3) is 0 Å². The molecule has 2 heterocycles. The molecule has 0 radical (unpaired) electrons. The number of piperidine rings is 1. The van der Waals surface area contributed by atoms with Crippen LogP contribution in [0.15, 0.2) is 24.4 Å². The van der Waals surface area contributed by atoms with E-state index in [-0.39, 0.29) is 17.7 Å². The zero-order valence-electron chi connectivity index (χ0n) is 19.7. The van der Waals surface area contributed by atoms with Gasteiger partial charge in [0.05, 0.1) is 31.0 Å². The van der Waals surface area contributed by atoms with Crippen molar-refractivity contribution < 1.29 is 32.2 Å². The van der Waals surface area contributed by atoms with Crippen molar-refractivity contribution in [2.45, 2.75) is 46.1 Å². The summed E-state index contributed by atoms with van der Waals surface area (Å²) in [5.41, 5.74) is 1.30. The van der Waals surface area contributed by atoms with E-state index in [1.54, 1.807) is 33.0 Å². The molecule has 186 valence electrons. The molecule has 1 N–H and O–H groups in total. The topological polar surface area (TPSA) is 72.8 Å². The van der Waals surface area contributed by atoms with Gasteiger partial charge in [0.2, 0.25) is 5.91 Å². The Morgan fingerprint density at radius 1 is 1.15 bits per heavy atom. The van der Waals surface area contributed by atoms with Gasteiger partial charge in [0.1, 0.15) is 5.60 Å². The van der Waals surface area contributed by atoms with Crippen LogP contribution in [0.4, 0.5) is 23.7 Å². The van der Waals surface area contributed by atoms with Crippen LogP contribution >= 0.6 is 0 Å². The van der Waals surface area contributed by atoms with Crippen molar-refractivity contribution >= 4 is 28.6 Å². The van der Waals surface area contributed by atoms with Gasteiger partial charge in [-0.05, 0) is 56.2 Å². The maximum atomic E-state index is 12.6. The van der Waals surface area contributed by atoms with Crippen molar-refractivity contribution in [3.8, 4) is 0 Å². The monoisotopic (exact) mass is 481 g/mol. The highest BCUT2D eigenvalue weighted by atomic mass is 19.4. The van der Waals surface area contributed by atoms with Crippen LogP contribution in [-0.2, 0) is 20.9 Å². The number of carbonyl (C=O) groups excluding carboxylic acids is 2.